The van der Waals surface area contributed by atoms with Gasteiger partial charge in [0.2, 0.25) is 0 Å². The summed E-state index contributed by atoms with van der Waals surface area (Å²) in [7, 11) is 0. The molecule has 46 heavy (non-hydrogen) atoms. The predicted molar refractivity (Wildman–Crippen MR) is 178 cm³/mol. The summed E-state index contributed by atoms with van der Waals surface area (Å²) >= 11 is 1.25. The second kappa shape index (κ2) is 13.8. The van der Waals surface area contributed by atoms with Crippen LogP contribution in [0.4, 0.5) is 22.0 Å². The van der Waals surface area contributed by atoms with E-state index in [1.54, 1.807) is 6.07 Å². The Hall–Kier alpha value is -4.04. The SMILES string of the molecule is C=C(c1cccc(-c2ccc(F)c(F)c2)c1)N1CCCC(c2cccc(CC(C)(C)C(=C)NSc3ccc(C(F)(F)F)cc3)c2)C1. The van der Waals surface area contributed by atoms with E-state index in [1.165, 1.54) is 41.3 Å². The third-order valence-corrected chi connectivity index (χ3v) is 9.47. The molecule has 5 rings (SSSR count). The lowest BCUT2D eigenvalue weighted by molar-refractivity contribution is -0.137. The van der Waals surface area contributed by atoms with Crippen LogP contribution in [0, 0.1) is 17.0 Å². The molecule has 2 nitrogen and oxygen atoms in total. The van der Waals surface area contributed by atoms with Gasteiger partial charge in [0.15, 0.2) is 11.6 Å². The topological polar surface area (TPSA) is 15.3 Å². The van der Waals surface area contributed by atoms with Gasteiger partial charge in [-0.15, -0.1) is 0 Å². The Kier molecular flexibility index (Phi) is 9.96. The molecule has 8 heteroatoms. The Morgan fingerprint density at radius 1 is 0.870 bits per heavy atom. The molecule has 0 radical (unpaired) electrons. The smallest absolute Gasteiger partial charge is 0.371 e. The minimum atomic E-state index is -4.36. The average Bonchev–Trinajstić information content (AvgIpc) is 3.04. The summed E-state index contributed by atoms with van der Waals surface area (Å²) in [5.74, 6) is -1.42. The van der Waals surface area contributed by atoms with Crippen molar-refractivity contribution in [3.05, 3.63) is 144 Å². The standard InChI is InChI=1S/C38H37F5N2S/c1-25(28-9-6-11-30(21-28)31-13-18-35(39)36(40)22-31)45-19-7-12-32(24-45)29-10-5-8-27(20-29)23-37(3,4)26(2)44-46-34-16-14-33(15-17-34)38(41,42)43/h5-6,8-11,13-18,20-22,32,44H,1-2,7,12,19,23-24H2,3-4H3. The van der Waals surface area contributed by atoms with Crippen molar-refractivity contribution in [2.45, 2.75) is 50.1 Å². The van der Waals surface area contributed by atoms with Crippen molar-refractivity contribution in [2.24, 2.45) is 5.41 Å². The van der Waals surface area contributed by atoms with Crippen LogP contribution in [0.25, 0.3) is 16.8 Å². The number of alkyl halides is 3. The van der Waals surface area contributed by atoms with Gasteiger partial charge in [-0.2, -0.15) is 13.2 Å². The molecule has 1 aliphatic heterocycles. The second-order valence-corrected chi connectivity index (χ2v) is 13.3. The molecule has 0 amide bonds. The molecule has 1 heterocycles. The molecule has 1 unspecified atom stereocenters. The minimum Gasteiger partial charge on any atom is -0.371 e. The van der Waals surface area contributed by atoms with Gasteiger partial charge in [-0.1, -0.05) is 75.5 Å². The van der Waals surface area contributed by atoms with Crippen LogP contribution in [0.3, 0.4) is 0 Å². The molecule has 1 atom stereocenters. The van der Waals surface area contributed by atoms with Crippen LogP contribution in [0.5, 0.6) is 0 Å². The summed E-state index contributed by atoms with van der Waals surface area (Å²) in [5, 5.41) is 0. The molecular weight excluding hydrogens is 611 g/mol. The Labute approximate surface area is 272 Å². The first kappa shape index (κ1) is 33.3. The van der Waals surface area contributed by atoms with Gasteiger partial charge < -0.3 is 9.62 Å². The first-order chi connectivity index (χ1) is 21.8. The molecule has 0 saturated carbocycles. The van der Waals surface area contributed by atoms with Crippen LogP contribution in [-0.4, -0.2) is 18.0 Å². The maximum atomic E-state index is 13.9. The summed E-state index contributed by atoms with van der Waals surface area (Å²) in [6.45, 7) is 14.5. The Morgan fingerprint density at radius 2 is 1.59 bits per heavy atom. The molecular formula is C38H37F5N2S. The number of nitrogens with zero attached hydrogens (tertiary/aromatic N) is 1. The van der Waals surface area contributed by atoms with Crippen molar-refractivity contribution in [3.8, 4) is 11.1 Å². The van der Waals surface area contributed by atoms with Crippen LogP contribution in [0.2, 0.25) is 0 Å². The summed E-state index contributed by atoms with van der Waals surface area (Å²) < 4.78 is 69.3. The number of likely N-dealkylation sites (tertiary alicyclic amines) is 1. The van der Waals surface area contributed by atoms with Crippen LogP contribution in [0.1, 0.15) is 54.9 Å². The van der Waals surface area contributed by atoms with E-state index in [9.17, 15) is 22.0 Å². The number of nitrogens with one attached hydrogen (secondary N) is 1. The molecule has 0 spiro atoms. The van der Waals surface area contributed by atoms with Gasteiger partial charge in [-0.25, -0.2) is 8.78 Å². The van der Waals surface area contributed by atoms with Crippen LogP contribution in [-0.2, 0) is 12.6 Å². The molecule has 0 bridgehead atoms. The summed E-state index contributed by atoms with van der Waals surface area (Å²) in [5.41, 5.74) is 5.50. The van der Waals surface area contributed by atoms with Gasteiger partial charge in [-0.3, -0.25) is 0 Å². The van der Waals surface area contributed by atoms with Crippen molar-refractivity contribution >= 4 is 17.6 Å². The minimum absolute atomic E-state index is 0.317. The molecule has 1 saturated heterocycles. The highest BCUT2D eigenvalue weighted by molar-refractivity contribution is 7.97. The van der Waals surface area contributed by atoms with Gasteiger partial charge in [-0.05, 0) is 101 Å². The lowest BCUT2D eigenvalue weighted by Gasteiger charge is -2.36. The lowest BCUT2D eigenvalue weighted by atomic mass is 9.81. The maximum absolute atomic E-state index is 13.9. The Balaban J connectivity index is 1.22. The molecule has 240 valence electrons. The fraction of sp³-hybridized carbons (Fsp3) is 0.263. The fourth-order valence-corrected chi connectivity index (χ4v) is 6.57. The van der Waals surface area contributed by atoms with Crippen molar-refractivity contribution in [2.75, 3.05) is 13.1 Å². The quantitative estimate of drug-likeness (QED) is 0.136. The molecule has 4 aromatic rings. The highest BCUT2D eigenvalue weighted by Crippen LogP contribution is 2.36. The van der Waals surface area contributed by atoms with Gasteiger partial charge in [0.1, 0.15) is 0 Å². The highest BCUT2D eigenvalue weighted by Gasteiger charge is 2.30. The monoisotopic (exact) mass is 648 g/mol. The second-order valence-electron chi connectivity index (χ2n) is 12.5. The van der Waals surface area contributed by atoms with Crippen molar-refractivity contribution in [3.63, 3.8) is 0 Å². The Bertz CT molecular complexity index is 1710. The highest BCUT2D eigenvalue weighted by atomic mass is 32.2. The van der Waals surface area contributed by atoms with E-state index in [0.29, 0.717) is 16.4 Å². The van der Waals surface area contributed by atoms with E-state index >= 15 is 0 Å². The van der Waals surface area contributed by atoms with E-state index in [4.69, 9.17) is 0 Å². The molecule has 1 fully saturated rings. The van der Waals surface area contributed by atoms with Crippen LogP contribution in [0.15, 0.2) is 115 Å². The number of allylic oxidation sites excluding steroid dienone is 1. The third-order valence-electron chi connectivity index (χ3n) is 8.61. The number of hydrogen-bond acceptors (Lipinski definition) is 3. The number of hydrogen-bond donors (Lipinski definition) is 1. The van der Waals surface area contributed by atoms with E-state index < -0.39 is 23.4 Å². The summed E-state index contributed by atoms with van der Waals surface area (Å²) in [6, 6.07) is 25.4. The molecule has 0 aliphatic carbocycles. The molecule has 4 aromatic carbocycles. The zero-order valence-corrected chi connectivity index (χ0v) is 26.7. The molecule has 0 aromatic heterocycles. The number of piperidine rings is 1. The van der Waals surface area contributed by atoms with E-state index in [0.717, 1.165) is 73.1 Å². The molecule has 1 N–H and O–H groups in total. The molecule has 1 aliphatic rings. The number of benzene rings is 4. The van der Waals surface area contributed by atoms with Gasteiger partial charge in [0.05, 0.1) is 5.56 Å². The number of halogens is 5. The normalized spacial score (nSPS) is 15.5. The summed E-state index contributed by atoms with van der Waals surface area (Å²) in [4.78, 5) is 2.98. The zero-order chi connectivity index (χ0) is 33.1. The van der Waals surface area contributed by atoms with Crippen molar-refractivity contribution in [1.29, 1.82) is 0 Å². The largest absolute Gasteiger partial charge is 0.416 e. The lowest BCUT2D eigenvalue weighted by Crippen LogP contribution is -2.33. The number of rotatable bonds is 10. The predicted octanol–water partition coefficient (Wildman–Crippen LogP) is 10.9. The Morgan fingerprint density at radius 3 is 2.30 bits per heavy atom. The van der Waals surface area contributed by atoms with Gasteiger partial charge in [0.25, 0.3) is 0 Å². The van der Waals surface area contributed by atoms with Gasteiger partial charge in [0, 0.05) is 40.7 Å². The third kappa shape index (κ3) is 8.02. The van der Waals surface area contributed by atoms with Crippen LogP contribution >= 0.6 is 11.9 Å². The fourth-order valence-electron chi connectivity index (χ4n) is 5.78. The summed E-state index contributed by atoms with van der Waals surface area (Å²) in [6.07, 6.45) is -1.55. The first-order valence-corrected chi connectivity index (χ1v) is 16.0. The average molecular weight is 649 g/mol. The van der Waals surface area contributed by atoms with Crippen LogP contribution < -0.4 is 4.72 Å². The first-order valence-electron chi connectivity index (χ1n) is 15.2. The van der Waals surface area contributed by atoms with Crippen molar-refractivity contribution < 1.29 is 22.0 Å². The van der Waals surface area contributed by atoms with Crippen molar-refractivity contribution in [1.82, 2.24) is 9.62 Å². The zero-order valence-electron chi connectivity index (χ0n) is 25.9. The van der Waals surface area contributed by atoms with E-state index in [1.807, 2.05) is 24.3 Å². The van der Waals surface area contributed by atoms with E-state index in [2.05, 4.69) is 60.9 Å². The van der Waals surface area contributed by atoms with Gasteiger partial charge >= 0.3 is 6.18 Å². The maximum Gasteiger partial charge on any atom is 0.416 e. The van der Waals surface area contributed by atoms with E-state index in [-0.39, 0.29) is 5.41 Å².